The molecule has 0 heterocycles. The highest BCUT2D eigenvalue weighted by atomic mass is 16.5. The number of benzene rings is 2. The molecule has 0 aliphatic heterocycles. The Bertz CT molecular complexity index is 713. The molecule has 1 saturated carbocycles. The fourth-order valence-electron chi connectivity index (χ4n) is 3.54. The zero-order valence-corrected chi connectivity index (χ0v) is 16.3. The lowest BCUT2D eigenvalue weighted by atomic mass is 10.1. The number of amides is 1. The zero-order valence-electron chi connectivity index (χ0n) is 16.3. The van der Waals surface area contributed by atoms with Crippen molar-refractivity contribution < 1.29 is 9.53 Å². The van der Waals surface area contributed by atoms with E-state index < -0.39 is 0 Å². The van der Waals surface area contributed by atoms with E-state index in [0.717, 1.165) is 51.0 Å². The predicted molar refractivity (Wildman–Crippen MR) is 110 cm³/mol. The molecule has 0 bridgehead atoms. The highest BCUT2D eigenvalue weighted by Crippen LogP contribution is 2.47. The van der Waals surface area contributed by atoms with Gasteiger partial charge in [0.15, 0.2) is 0 Å². The third-order valence-corrected chi connectivity index (χ3v) is 5.22. The Kier molecular flexibility index (Phi) is 7.32. The van der Waals surface area contributed by atoms with Gasteiger partial charge in [-0.15, -0.1) is 0 Å². The molecule has 0 spiro atoms. The van der Waals surface area contributed by atoms with E-state index >= 15 is 0 Å². The van der Waals surface area contributed by atoms with Crippen LogP contribution in [-0.2, 0) is 11.2 Å². The normalized spacial score (nSPS) is 18.1. The van der Waals surface area contributed by atoms with Gasteiger partial charge in [0.1, 0.15) is 5.75 Å². The minimum atomic E-state index is 0.177. The molecule has 1 amide bonds. The first-order valence-corrected chi connectivity index (χ1v) is 10.3. The first kappa shape index (κ1) is 19.5. The van der Waals surface area contributed by atoms with E-state index in [-0.39, 0.29) is 5.91 Å². The molecule has 2 unspecified atom stereocenters. The van der Waals surface area contributed by atoms with Gasteiger partial charge < -0.3 is 10.1 Å². The van der Waals surface area contributed by atoms with Crippen molar-refractivity contribution in [1.29, 1.82) is 0 Å². The van der Waals surface area contributed by atoms with E-state index in [2.05, 4.69) is 53.8 Å². The summed E-state index contributed by atoms with van der Waals surface area (Å²) in [5, 5.41) is 3.05. The van der Waals surface area contributed by atoms with Crippen molar-refractivity contribution >= 4 is 5.91 Å². The average molecular weight is 366 g/mol. The van der Waals surface area contributed by atoms with Crippen LogP contribution >= 0.6 is 0 Å². The molecule has 0 radical (unpaired) electrons. The second-order valence-corrected chi connectivity index (χ2v) is 7.52. The van der Waals surface area contributed by atoms with E-state index in [1.807, 2.05) is 13.0 Å². The molecule has 2 aromatic carbocycles. The van der Waals surface area contributed by atoms with Crippen LogP contribution in [0.15, 0.2) is 54.6 Å². The number of hydrogen-bond acceptors (Lipinski definition) is 2. The summed E-state index contributed by atoms with van der Waals surface area (Å²) in [4.78, 5) is 11.6. The van der Waals surface area contributed by atoms with Crippen LogP contribution in [0.25, 0.3) is 0 Å². The summed E-state index contributed by atoms with van der Waals surface area (Å²) in [6, 6.07) is 19.1. The molecule has 1 fully saturated rings. The molecular weight excluding hydrogens is 334 g/mol. The molecule has 144 valence electrons. The van der Waals surface area contributed by atoms with Gasteiger partial charge in [-0.1, -0.05) is 49.4 Å². The second-order valence-electron chi connectivity index (χ2n) is 7.52. The van der Waals surface area contributed by atoms with Crippen LogP contribution in [0.1, 0.15) is 56.1 Å². The topological polar surface area (TPSA) is 38.3 Å². The van der Waals surface area contributed by atoms with Crippen molar-refractivity contribution in [1.82, 2.24) is 5.32 Å². The third kappa shape index (κ3) is 6.42. The van der Waals surface area contributed by atoms with Gasteiger partial charge in [0.05, 0.1) is 6.61 Å². The molecule has 1 aliphatic carbocycles. The maximum atomic E-state index is 11.6. The van der Waals surface area contributed by atoms with Crippen molar-refractivity contribution in [3.63, 3.8) is 0 Å². The summed E-state index contributed by atoms with van der Waals surface area (Å²) in [6.45, 7) is 3.60. The van der Waals surface area contributed by atoms with Gasteiger partial charge in [0.2, 0.25) is 5.91 Å². The lowest BCUT2D eigenvalue weighted by Crippen LogP contribution is -2.25. The summed E-state index contributed by atoms with van der Waals surface area (Å²) >= 11 is 0. The average Bonchev–Trinajstić information content (AvgIpc) is 3.47. The lowest BCUT2D eigenvalue weighted by molar-refractivity contribution is -0.121. The number of aryl methyl sites for hydroxylation is 1. The monoisotopic (exact) mass is 365 g/mol. The van der Waals surface area contributed by atoms with Crippen LogP contribution in [0, 0.1) is 5.92 Å². The molecule has 0 aromatic heterocycles. The van der Waals surface area contributed by atoms with Crippen molar-refractivity contribution in [2.45, 2.75) is 51.4 Å². The maximum absolute atomic E-state index is 11.6. The second kappa shape index (κ2) is 10.1. The number of carbonyl (C=O) groups is 1. The van der Waals surface area contributed by atoms with Gasteiger partial charge in [0.25, 0.3) is 0 Å². The maximum Gasteiger partial charge on any atom is 0.219 e. The quantitative estimate of drug-likeness (QED) is 0.562. The summed E-state index contributed by atoms with van der Waals surface area (Å²) in [5.74, 6) is 2.28. The molecule has 0 saturated heterocycles. The Balaban J connectivity index is 1.36. The fraction of sp³-hybridized carbons (Fsp3) is 0.458. The number of ether oxygens (including phenoxy) is 1. The van der Waals surface area contributed by atoms with Crippen LogP contribution in [0.4, 0.5) is 0 Å². The predicted octanol–water partition coefficient (Wildman–Crippen LogP) is 5.11. The SMILES string of the molecule is CCCC(=O)NCC1CC1c1cccc(OCCCCc2ccccc2)c1. The molecule has 3 rings (SSSR count). The Hall–Kier alpha value is -2.29. The van der Waals surface area contributed by atoms with Crippen LogP contribution in [0.2, 0.25) is 0 Å². The van der Waals surface area contributed by atoms with Gasteiger partial charge >= 0.3 is 0 Å². The van der Waals surface area contributed by atoms with Gasteiger partial charge in [0, 0.05) is 13.0 Å². The molecular formula is C24H31NO2. The van der Waals surface area contributed by atoms with Crippen LogP contribution < -0.4 is 10.1 Å². The summed E-state index contributed by atoms with van der Waals surface area (Å²) < 4.78 is 5.96. The van der Waals surface area contributed by atoms with Gasteiger partial charge in [-0.25, -0.2) is 0 Å². The summed E-state index contributed by atoms with van der Waals surface area (Å²) in [5.41, 5.74) is 2.73. The van der Waals surface area contributed by atoms with E-state index in [1.165, 1.54) is 11.1 Å². The molecule has 3 heteroatoms. The minimum absolute atomic E-state index is 0.177. The van der Waals surface area contributed by atoms with Crippen molar-refractivity contribution in [2.75, 3.05) is 13.2 Å². The summed E-state index contributed by atoms with van der Waals surface area (Å²) in [6.07, 6.45) is 6.01. The summed E-state index contributed by atoms with van der Waals surface area (Å²) in [7, 11) is 0. The van der Waals surface area contributed by atoms with Crippen molar-refractivity contribution in [2.24, 2.45) is 5.92 Å². The number of rotatable bonds is 11. The van der Waals surface area contributed by atoms with E-state index in [9.17, 15) is 4.79 Å². The zero-order chi connectivity index (χ0) is 18.9. The van der Waals surface area contributed by atoms with E-state index in [1.54, 1.807) is 0 Å². The fourth-order valence-corrected chi connectivity index (χ4v) is 3.54. The number of nitrogens with one attached hydrogen (secondary N) is 1. The Labute approximate surface area is 163 Å². The molecule has 1 N–H and O–H groups in total. The standard InChI is InChI=1S/C24H31NO2/c1-2-9-24(26)25-18-21-17-23(21)20-13-8-14-22(16-20)27-15-7-6-12-19-10-4-3-5-11-19/h3-5,8,10-11,13-14,16,21,23H,2,6-7,9,12,15,17-18H2,1H3,(H,25,26). The van der Waals surface area contributed by atoms with Gasteiger partial charge in [-0.3, -0.25) is 4.79 Å². The molecule has 2 atom stereocenters. The van der Waals surface area contributed by atoms with Gasteiger partial charge in [-0.2, -0.15) is 0 Å². The Morgan fingerprint density at radius 3 is 2.78 bits per heavy atom. The number of hydrogen-bond donors (Lipinski definition) is 1. The minimum Gasteiger partial charge on any atom is -0.494 e. The first-order valence-electron chi connectivity index (χ1n) is 10.3. The van der Waals surface area contributed by atoms with Crippen molar-refractivity contribution in [3.05, 3.63) is 65.7 Å². The van der Waals surface area contributed by atoms with Crippen LogP contribution in [-0.4, -0.2) is 19.1 Å². The smallest absolute Gasteiger partial charge is 0.219 e. The van der Waals surface area contributed by atoms with Gasteiger partial charge in [-0.05, 0) is 67.2 Å². The van der Waals surface area contributed by atoms with E-state index in [0.29, 0.717) is 18.3 Å². The molecule has 3 nitrogen and oxygen atoms in total. The molecule has 2 aromatic rings. The van der Waals surface area contributed by atoms with E-state index in [4.69, 9.17) is 4.74 Å². The molecule has 27 heavy (non-hydrogen) atoms. The Morgan fingerprint density at radius 1 is 1.11 bits per heavy atom. The Morgan fingerprint density at radius 2 is 1.96 bits per heavy atom. The number of unbranched alkanes of at least 4 members (excludes halogenated alkanes) is 1. The largest absolute Gasteiger partial charge is 0.494 e. The van der Waals surface area contributed by atoms with Crippen LogP contribution in [0.5, 0.6) is 5.75 Å². The van der Waals surface area contributed by atoms with Crippen molar-refractivity contribution in [3.8, 4) is 5.75 Å². The molecule has 1 aliphatic rings. The third-order valence-electron chi connectivity index (χ3n) is 5.22. The van der Waals surface area contributed by atoms with Crippen LogP contribution in [0.3, 0.4) is 0 Å². The highest BCUT2D eigenvalue weighted by molar-refractivity contribution is 5.75. The number of carbonyl (C=O) groups excluding carboxylic acids is 1. The lowest BCUT2D eigenvalue weighted by Gasteiger charge is -2.09. The highest BCUT2D eigenvalue weighted by Gasteiger charge is 2.38. The first-order chi connectivity index (χ1) is 13.3.